The Bertz CT molecular complexity index is 545. The summed E-state index contributed by atoms with van der Waals surface area (Å²) in [6.45, 7) is 2.34. The molecule has 0 heterocycles. The first-order valence-corrected chi connectivity index (χ1v) is 8.13. The SMILES string of the molecule is COC(=O)CCN(C)S(=O)(=O)NCC(C)c1ccccc1. The van der Waals surface area contributed by atoms with Gasteiger partial charge in [0.2, 0.25) is 0 Å². The van der Waals surface area contributed by atoms with Gasteiger partial charge in [0.15, 0.2) is 0 Å². The molecule has 118 valence electrons. The van der Waals surface area contributed by atoms with Gasteiger partial charge in [0.1, 0.15) is 0 Å². The van der Waals surface area contributed by atoms with Crippen LogP contribution >= 0.6 is 0 Å². The lowest BCUT2D eigenvalue weighted by Crippen LogP contribution is -2.40. The van der Waals surface area contributed by atoms with Crippen molar-refractivity contribution in [2.24, 2.45) is 0 Å². The summed E-state index contributed by atoms with van der Waals surface area (Å²) in [5.74, 6) is -0.371. The maximum atomic E-state index is 12.0. The van der Waals surface area contributed by atoms with Crippen molar-refractivity contribution >= 4 is 16.2 Å². The normalized spacial score (nSPS) is 13.1. The number of methoxy groups -OCH3 is 1. The highest BCUT2D eigenvalue weighted by molar-refractivity contribution is 7.87. The number of esters is 1. The van der Waals surface area contributed by atoms with Crippen LogP contribution in [0.15, 0.2) is 30.3 Å². The summed E-state index contributed by atoms with van der Waals surface area (Å²) in [4.78, 5) is 11.0. The first-order valence-electron chi connectivity index (χ1n) is 6.69. The van der Waals surface area contributed by atoms with Gasteiger partial charge < -0.3 is 4.74 Å². The van der Waals surface area contributed by atoms with Crippen molar-refractivity contribution in [3.05, 3.63) is 35.9 Å². The molecular weight excluding hydrogens is 292 g/mol. The van der Waals surface area contributed by atoms with Gasteiger partial charge in [-0.25, -0.2) is 4.72 Å². The van der Waals surface area contributed by atoms with Gasteiger partial charge in [0.05, 0.1) is 13.5 Å². The standard InChI is InChI=1S/C14H22N2O4S/c1-12(13-7-5-4-6-8-13)11-15-21(18,19)16(2)10-9-14(17)20-3/h4-8,12,15H,9-11H2,1-3H3. The number of ether oxygens (including phenoxy) is 1. The molecule has 1 N–H and O–H groups in total. The van der Waals surface area contributed by atoms with E-state index in [4.69, 9.17) is 0 Å². The number of carbonyl (C=O) groups excluding carboxylic acids is 1. The van der Waals surface area contributed by atoms with Crippen molar-refractivity contribution in [1.29, 1.82) is 0 Å². The van der Waals surface area contributed by atoms with E-state index in [1.54, 1.807) is 0 Å². The van der Waals surface area contributed by atoms with Gasteiger partial charge in [-0.15, -0.1) is 0 Å². The van der Waals surface area contributed by atoms with Crippen LogP contribution in [-0.4, -0.2) is 45.9 Å². The van der Waals surface area contributed by atoms with Crippen molar-refractivity contribution in [2.45, 2.75) is 19.3 Å². The minimum absolute atomic E-state index is 0.0299. The van der Waals surface area contributed by atoms with Crippen LogP contribution < -0.4 is 4.72 Å². The van der Waals surface area contributed by atoms with Gasteiger partial charge >= 0.3 is 5.97 Å². The van der Waals surface area contributed by atoms with Crippen molar-refractivity contribution in [2.75, 3.05) is 27.2 Å². The number of hydrogen-bond acceptors (Lipinski definition) is 4. The minimum atomic E-state index is -3.59. The molecule has 1 aromatic rings. The largest absolute Gasteiger partial charge is 0.469 e. The minimum Gasteiger partial charge on any atom is -0.469 e. The third-order valence-electron chi connectivity index (χ3n) is 3.21. The second-order valence-corrected chi connectivity index (χ2v) is 6.68. The van der Waals surface area contributed by atoms with Crippen LogP contribution in [0.3, 0.4) is 0 Å². The van der Waals surface area contributed by atoms with E-state index in [9.17, 15) is 13.2 Å². The number of carbonyl (C=O) groups is 1. The van der Waals surface area contributed by atoms with Gasteiger partial charge in [-0.05, 0) is 11.5 Å². The highest BCUT2D eigenvalue weighted by Crippen LogP contribution is 2.13. The van der Waals surface area contributed by atoms with Crippen molar-refractivity contribution in [3.63, 3.8) is 0 Å². The van der Waals surface area contributed by atoms with E-state index in [0.29, 0.717) is 6.54 Å². The molecule has 0 bridgehead atoms. The molecule has 0 aromatic heterocycles. The van der Waals surface area contributed by atoms with E-state index in [2.05, 4.69) is 9.46 Å². The number of nitrogens with one attached hydrogen (secondary N) is 1. The molecule has 0 aliphatic carbocycles. The molecule has 21 heavy (non-hydrogen) atoms. The van der Waals surface area contributed by atoms with Gasteiger partial charge in [0, 0.05) is 20.1 Å². The number of rotatable bonds is 8. The zero-order valence-electron chi connectivity index (χ0n) is 12.6. The summed E-state index contributed by atoms with van der Waals surface area (Å²) in [5, 5.41) is 0. The average Bonchev–Trinajstić information content (AvgIpc) is 2.50. The van der Waals surface area contributed by atoms with Gasteiger partial charge in [-0.1, -0.05) is 37.3 Å². The first kappa shape index (κ1) is 17.6. The summed E-state index contributed by atoms with van der Waals surface area (Å²) in [6, 6.07) is 9.67. The average molecular weight is 314 g/mol. The molecule has 1 atom stereocenters. The van der Waals surface area contributed by atoms with Crippen molar-refractivity contribution in [3.8, 4) is 0 Å². The van der Waals surface area contributed by atoms with Crippen LogP contribution in [0.5, 0.6) is 0 Å². The van der Waals surface area contributed by atoms with E-state index in [-0.39, 0.29) is 18.9 Å². The molecule has 0 aliphatic heterocycles. The molecule has 1 unspecified atom stereocenters. The Labute approximate surface area is 126 Å². The van der Waals surface area contributed by atoms with E-state index in [0.717, 1.165) is 9.87 Å². The fourth-order valence-electron chi connectivity index (χ4n) is 1.71. The van der Waals surface area contributed by atoms with E-state index >= 15 is 0 Å². The molecule has 0 saturated carbocycles. The lowest BCUT2D eigenvalue weighted by Gasteiger charge is -2.19. The number of benzene rings is 1. The molecule has 1 aromatic carbocycles. The van der Waals surface area contributed by atoms with Crippen LogP contribution in [0.25, 0.3) is 0 Å². The third-order valence-corrected chi connectivity index (χ3v) is 4.74. The molecule has 7 heteroatoms. The first-order chi connectivity index (χ1) is 9.86. The van der Waals surface area contributed by atoms with Crippen LogP contribution in [0.2, 0.25) is 0 Å². The predicted molar refractivity (Wildman–Crippen MR) is 81.0 cm³/mol. The lowest BCUT2D eigenvalue weighted by atomic mass is 10.0. The Morgan fingerprint density at radius 1 is 1.33 bits per heavy atom. The molecule has 1 rings (SSSR count). The maximum absolute atomic E-state index is 12.0. The molecule has 0 saturated heterocycles. The van der Waals surface area contributed by atoms with E-state index in [1.807, 2.05) is 37.3 Å². The fourth-order valence-corrected chi connectivity index (χ4v) is 2.72. The Morgan fingerprint density at radius 3 is 2.52 bits per heavy atom. The van der Waals surface area contributed by atoms with Crippen LogP contribution in [0, 0.1) is 0 Å². The third kappa shape index (κ3) is 5.82. The summed E-state index contributed by atoms with van der Waals surface area (Å²) < 4.78 is 32.2. The summed E-state index contributed by atoms with van der Waals surface area (Å²) in [7, 11) is -0.888. The Morgan fingerprint density at radius 2 is 1.95 bits per heavy atom. The molecule has 0 radical (unpaired) electrons. The fraction of sp³-hybridized carbons (Fsp3) is 0.500. The second-order valence-electron chi connectivity index (χ2n) is 4.81. The van der Waals surface area contributed by atoms with Crippen molar-refractivity contribution in [1.82, 2.24) is 9.03 Å². The molecule has 0 amide bonds. The monoisotopic (exact) mass is 314 g/mol. The molecule has 6 nitrogen and oxygen atoms in total. The van der Waals surface area contributed by atoms with Crippen molar-refractivity contribution < 1.29 is 17.9 Å². The van der Waals surface area contributed by atoms with E-state index in [1.165, 1.54) is 14.2 Å². The van der Waals surface area contributed by atoms with Crippen LogP contribution in [0.1, 0.15) is 24.8 Å². The lowest BCUT2D eigenvalue weighted by molar-refractivity contribution is -0.140. The van der Waals surface area contributed by atoms with Gasteiger partial charge in [-0.3, -0.25) is 4.79 Å². The Balaban J connectivity index is 2.50. The molecule has 0 fully saturated rings. The summed E-state index contributed by atoms with van der Waals surface area (Å²) in [6.07, 6.45) is 0.0299. The topological polar surface area (TPSA) is 75.7 Å². The predicted octanol–water partition coefficient (Wildman–Crippen LogP) is 1.12. The second kappa shape index (κ2) is 8.11. The maximum Gasteiger partial charge on any atom is 0.306 e. The van der Waals surface area contributed by atoms with Gasteiger partial charge in [-0.2, -0.15) is 12.7 Å². The zero-order chi connectivity index (χ0) is 15.9. The molecular formula is C14H22N2O4S. The number of nitrogens with zero attached hydrogens (tertiary/aromatic N) is 1. The Kier molecular flexibility index (Phi) is 6.80. The molecule has 0 spiro atoms. The quantitative estimate of drug-likeness (QED) is 0.730. The van der Waals surface area contributed by atoms with Gasteiger partial charge in [0.25, 0.3) is 10.2 Å². The van der Waals surface area contributed by atoms with Crippen LogP contribution in [-0.2, 0) is 19.7 Å². The highest BCUT2D eigenvalue weighted by atomic mass is 32.2. The highest BCUT2D eigenvalue weighted by Gasteiger charge is 2.19. The zero-order valence-corrected chi connectivity index (χ0v) is 13.4. The summed E-state index contributed by atoms with van der Waals surface area (Å²) in [5.41, 5.74) is 1.07. The summed E-state index contributed by atoms with van der Waals surface area (Å²) >= 11 is 0. The Hall–Kier alpha value is -1.44. The van der Waals surface area contributed by atoms with E-state index < -0.39 is 16.2 Å². The van der Waals surface area contributed by atoms with Crippen LogP contribution in [0.4, 0.5) is 0 Å². The molecule has 0 aliphatic rings. The number of hydrogen-bond donors (Lipinski definition) is 1. The smallest absolute Gasteiger partial charge is 0.306 e.